The zero-order valence-electron chi connectivity index (χ0n) is 17.9. The third-order valence-corrected chi connectivity index (χ3v) is 4.67. The Hall–Kier alpha value is -3.28. The molecule has 0 saturated heterocycles. The minimum absolute atomic E-state index is 0.155. The van der Waals surface area contributed by atoms with Gasteiger partial charge in [-0.1, -0.05) is 45.0 Å². The highest BCUT2D eigenvalue weighted by Crippen LogP contribution is 2.35. The summed E-state index contributed by atoms with van der Waals surface area (Å²) in [5, 5.41) is 3.17. The molecule has 0 bridgehead atoms. The van der Waals surface area contributed by atoms with E-state index in [4.69, 9.17) is 9.47 Å². The van der Waals surface area contributed by atoms with Gasteiger partial charge in [0.05, 0.1) is 19.3 Å². The van der Waals surface area contributed by atoms with Crippen LogP contribution in [-0.4, -0.2) is 37.0 Å². The normalized spacial score (nSPS) is 14.0. The standard InChI is InChI=1S/C24H28N2O4/c1-5-13-30-18-10-8-9-17(14-18)25-22-21(19-11-6-7-12-20(19)29-4)23(27)26(24(22)28)15-16(2)3/h6-12,14,16,25H,5,13,15H2,1-4H3. The van der Waals surface area contributed by atoms with Crippen LogP contribution in [0, 0.1) is 5.92 Å². The van der Waals surface area contributed by atoms with E-state index in [2.05, 4.69) is 5.32 Å². The van der Waals surface area contributed by atoms with E-state index in [-0.39, 0.29) is 23.4 Å². The van der Waals surface area contributed by atoms with E-state index in [0.717, 1.165) is 6.42 Å². The van der Waals surface area contributed by atoms with Crippen LogP contribution in [0.3, 0.4) is 0 Å². The molecule has 0 saturated carbocycles. The van der Waals surface area contributed by atoms with Gasteiger partial charge in [-0.25, -0.2) is 0 Å². The number of hydrogen-bond donors (Lipinski definition) is 1. The van der Waals surface area contributed by atoms with Crippen molar-refractivity contribution in [1.82, 2.24) is 4.90 Å². The zero-order chi connectivity index (χ0) is 21.7. The molecule has 30 heavy (non-hydrogen) atoms. The maximum absolute atomic E-state index is 13.3. The monoisotopic (exact) mass is 408 g/mol. The Morgan fingerprint density at radius 2 is 1.80 bits per heavy atom. The van der Waals surface area contributed by atoms with Crippen molar-refractivity contribution in [2.75, 3.05) is 25.6 Å². The second kappa shape index (κ2) is 9.48. The molecule has 1 aliphatic rings. The van der Waals surface area contributed by atoms with Gasteiger partial charge >= 0.3 is 0 Å². The van der Waals surface area contributed by atoms with Crippen molar-refractivity contribution in [3.8, 4) is 11.5 Å². The number of para-hydroxylation sites is 1. The highest BCUT2D eigenvalue weighted by atomic mass is 16.5. The number of rotatable bonds is 9. The van der Waals surface area contributed by atoms with Crippen molar-refractivity contribution in [3.05, 3.63) is 59.8 Å². The van der Waals surface area contributed by atoms with E-state index < -0.39 is 0 Å². The number of anilines is 1. The van der Waals surface area contributed by atoms with Gasteiger partial charge in [0.15, 0.2) is 0 Å². The topological polar surface area (TPSA) is 67.9 Å². The highest BCUT2D eigenvalue weighted by molar-refractivity contribution is 6.37. The van der Waals surface area contributed by atoms with E-state index in [0.29, 0.717) is 41.5 Å². The van der Waals surface area contributed by atoms with Gasteiger partial charge in [-0.15, -0.1) is 0 Å². The number of ether oxygens (including phenoxy) is 2. The van der Waals surface area contributed by atoms with Crippen LogP contribution in [0.25, 0.3) is 5.57 Å². The van der Waals surface area contributed by atoms with Gasteiger partial charge in [-0.05, 0) is 30.5 Å². The smallest absolute Gasteiger partial charge is 0.278 e. The molecular weight excluding hydrogens is 380 g/mol. The first-order valence-electron chi connectivity index (χ1n) is 10.2. The molecule has 6 nitrogen and oxygen atoms in total. The van der Waals surface area contributed by atoms with Gasteiger partial charge in [-0.2, -0.15) is 0 Å². The van der Waals surface area contributed by atoms with E-state index in [9.17, 15) is 9.59 Å². The van der Waals surface area contributed by atoms with Gasteiger partial charge < -0.3 is 14.8 Å². The summed E-state index contributed by atoms with van der Waals surface area (Å²) >= 11 is 0. The molecule has 2 aromatic rings. The number of carbonyl (C=O) groups is 2. The van der Waals surface area contributed by atoms with E-state index in [1.54, 1.807) is 19.2 Å². The van der Waals surface area contributed by atoms with Gasteiger partial charge in [0.2, 0.25) is 0 Å². The Balaban J connectivity index is 2.04. The maximum atomic E-state index is 13.3. The maximum Gasteiger partial charge on any atom is 0.278 e. The summed E-state index contributed by atoms with van der Waals surface area (Å²) in [4.78, 5) is 27.8. The first-order valence-corrected chi connectivity index (χ1v) is 10.2. The number of nitrogens with one attached hydrogen (secondary N) is 1. The molecule has 1 heterocycles. The Morgan fingerprint density at radius 3 is 2.50 bits per heavy atom. The SMILES string of the molecule is CCCOc1cccc(NC2=C(c3ccccc3OC)C(=O)N(CC(C)C)C2=O)c1. The van der Waals surface area contributed by atoms with Crippen LogP contribution in [0.2, 0.25) is 0 Å². The second-order valence-corrected chi connectivity index (χ2v) is 7.57. The molecule has 0 spiro atoms. The van der Waals surface area contributed by atoms with Crippen molar-refractivity contribution < 1.29 is 19.1 Å². The van der Waals surface area contributed by atoms with Crippen LogP contribution in [0.5, 0.6) is 11.5 Å². The molecule has 2 amide bonds. The summed E-state index contributed by atoms with van der Waals surface area (Å²) < 4.78 is 11.1. The fourth-order valence-electron chi connectivity index (χ4n) is 3.35. The largest absolute Gasteiger partial charge is 0.496 e. The zero-order valence-corrected chi connectivity index (χ0v) is 17.9. The molecule has 3 rings (SSSR count). The molecule has 2 aromatic carbocycles. The van der Waals surface area contributed by atoms with Crippen molar-refractivity contribution >= 4 is 23.1 Å². The predicted molar refractivity (Wildman–Crippen MR) is 117 cm³/mol. The Morgan fingerprint density at radius 1 is 1.03 bits per heavy atom. The lowest BCUT2D eigenvalue weighted by Gasteiger charge is -2.17. The Labute approximate surface area is 177 Å². The van der Waals surface area contributed by atoms with Crippen molar-refractivity contribution in [2.45, 2.75) is 27.2 Å². The molecule has 0 fully saturated rings. The van der Waals surface area contributed by atoms with Crippen LogP contribution in [0.1, 0.15) is 32.8 Å². The van der Waals surface area contributed by atoms with E-state index in [1.807, 2.05) is 57.2 Å². The quantitative estimate of drug-likeness (QED) is 0.626. The predicted octanol–water partition coefficient (Wildman–Crippen LogP) is 4.33. The van der Waals surface area contributed by atoms with Gasteiger partial charge in [0, 0.05) is 23.9 Å². The fourth-order valence-corrected chi connectivity index (χ4v) is 3.35. The summed E-state index contributed by atoms with van der Waals surface area (Å²) in [6.07, 6.45) is 0.901. The Kier molecular flexibility index (Phi) is 6.77. The van der Waals surface area contributed by atoms with Crippen molar-refractivity contribution in [2.24, 2.45) is 5.92 Å². The molecule has 0 radical (unpaired) electrons. The van der Waals surface area contributed by atoms with E-state index in [1.165, 1.54) is 4.90 Å². The third-order valence-electron chi connectivity index (χ3n) is 4.67. The molecule has 0 aliphatic carbocycles. The molecule has 1 aliphatic heterocycles. The Bertz CT molecular complexity index is 965. The summed E-state index contributed by atoms with van der Waals surface area (Å²) in [7, 11) is 1.55. The second-order valence-electron chi connectivity index (χ2n) is 7.57. The fraction of sp³-hybridized carbons (Fsp3) is 0.333. The van der Waals surface area contributed by atoms with Crippen molar-refractivity contribution in [3.63, 3.8) is 0 Å². The molecule has 0 aromatic heterocycles. The molecule has 0 unspecified atom stereocenters. The molecular formula is C24H28N2O4. The van der Waals surface area contributed by atoms with Crippen LogP contribution < -0.4 is 14.8 Å². The summed E-state index contributed by atoms with van der Waals surface area (Å²) in [5.41, 5.74) is 1.83. The number of methoxy groups -OCH3 is 1. The summed E-state index contributed by atoms with van der Waals surface area (Å²) in [6, 6.07) is 14.6. The number of imide groups is 1. The summed E-state index contributed by atoms with van der Waals surface area (Å²) in [6.45, 7) is 6.95. The average Bonchev–Trinajstić information content (AvgIpc) is 2.96. The highest BCUT2D eigenvalue weighted by Gasteiger charge is 2.40. The van der Waals surface area contributed by atoms with Gasteiger partial charge in [0.1, 0.15) is 17.2 Å². The van der Waals surface area contributed by atoms with Crippen LogP contribution in [-0.2, 0) is 9.59 Å². The minimum Gasteiger partial charge on any atom is -0.496 e. The third kappa shape index (κ3) is 4.48. The number of benzene rings is 2. The lowest BCUT2D eigenvalue weighted by Crippen LogP contribution is -2.35. The first kappa shape index (κ1) is 21.4. The van der Waals surface area contributed by atoms with Crippen molar-refractivity contribution in [1.29, 1.82) is 0 Å². The number of hydrogen-bond acceptors (Lipinski definition) is 5. The van der Waals surface area contributed by atoms with Crippen LogP contribution >= 0.6 is 0 Å². The lowest BCUT2D eigenvalue weighted by atomic mass is 10.0. The molecule has 1 N–H and O–H groups in total. The lowest BCUT2D eigenvalue weighted by molar-refractivity contribution is -0.137. The van der Waals surface area contributed by atoms with Gasteiger partial charge in [-0.3, -0.25) is 14.5 Å². The number of nitrogens with zero attached hydrogens (tertiary/aromatic N) is 1. The van der Waals surface area contributed by atoms with E-state index >= 15 is 0 Å². The average molecular weight is 408 g/mol. The first-order chi connectivity index (χ1) is 14.5. The van der Waals surface area contributed by atoms with Crippen LogP contribution in [0.15, 0.2) is 54.2 Å². The van der Waals surface area contributed by atoms with Crippen LogP contribution in [0.4, 0.5) is 5.69 Å². The summed E-state index contributed by atoms with van der Waals surface area (Å²) in [5.74, 6) is 0.743. The number of amides is 2. The molecule has 158 valence electrons. The minimum atomic E-state index is -0.338. The molecule has 0 atom stereocenters. The number of carbonyl (C=O) groups excluding carboxylic acids is 2. The van der Waals surface area contributed by atoms with Gasteiger partial charge in [0.25, 0.3) is 11.8 Å². The molecule has 6 heteroatoms.